The van der Waals surface area contributed by atoms with Crippen LogP contribution in [0.5, 0.6) is 23.0 Å². The summed E-state index contributed by atoms with van der Waals surface area (Å²) in [4.78, 5) is 39.1. The molecule has 0 aromatic heterocycles. The lowest BCUT2D eigenvalue weighted by Gasteiger charge is -2.22. The molecular formula is C32H37N3O7. The van der Waals surface area contributed by atoms with Gasteiger partial charge in [-0.25, -0.2) is 0 Å². The van der Waals surface area contributed by atoms with Gasteiger partial charge in [0.05, 0.1) is 33.1 Å². The largest absolute Gasteiger partial charge is 0.508 e. The summed E-state index contributed by atoms with van der Waals surface area (Å²) in [6, 6.07) is 11.8. The van der Waals surface area contributed by atoms with Gasteiger partial charge in [0.25, 0.3) is 0 Å². The highest BCUT2D eigenvalue weighted by Gasteiger charge is 2.30. The first-order chi connectivity index (χ1) is 20.1. The van der Waals surface area contributed by atoms with Crippen molar-refractivity contribution in [2.24, 2.45) is 5.92 Å². The van der Waals surface area contributed by atoms with Crippen molar-refractivity contribution in [3.05, 3.63) is 69.9 Å². The Kier molecular flexibility index (Phi) is 9.25. The molecule has 10 nitrogen and oxygen atoms in total. The number of nitrogens with one attached hydrogen (secondary N) is 3. The maximum absolute atomic E-state index is 13.7. The third-order valence-corrected chi connectivity index (χ3v) is 7.31. The first-order valence-electron chi connectivity index (χ1n) is 13.7. The third kappa shape index (κ3) is 6.27. The molecule has 0 radical (unpaired) electrons. The number of ether oxygens (including phenoxy) is 3. The van der Waals surface area contributed by atoms with Gasteiger partial charge in [-0.05, 0) is 77.9 Å². The monoisotopic (exact) mass is 575 g/mol. The molecule has 3 aromatic rings. The molecule has 0 aliphatic heterocycles. The summed E-state index contributed by atoms with van der Waals surface area (Å²) in [5.74, 6) is 0.753. The number of anilines is 2. The van der Waals surface area contributed by atoms with E-state index in [0.29, 0.717) is 46.9 Å². The second-order valence-corrected chi connectivity index (χ2v) is 10.5. The smallest absolute Gasteiger partial charge is 0.247 e. The standard InChI is InChI=1S/C32H37N3O7/c1-17(2)29(32(39)34-20-8-10-21(37)11-9-20)35-25-14-12-22-23(16-26(25)38)24(33-18(3)36)13-7-19-15-27(40-4)30(41-5)31(42-6)28(19)22/h8-12,14-17,24,29,37H,7,13H2,1-6H3,(H,33,36)(H,34,39)(H,35,38)/t24-,29-/m0/s1. The minimum absolute atomic E-state index is 0.0888. The number of rotatable bonds is 9. The van der Waals surface area contributed by atoms with Crippen molar-refractivity contribution in [1.29, 1.82) is 0 Å². The van der Waals surface area contributed by atoms with Crippen LogP contribution in [0.3, 0.4) is 0 Å². The van der Waals surface area contributed by atoms with Gasteiger partial charge in [0.2, 0.25) is 23.0 Å². The minimum atomic E-state index is -0.744. The number of amides is 2. The number of hydrogen-bond donors (Lipinski definition) is 4. The zero-order chi connectivity index (χ0) is 30.6. The fourth-order valence-electron chi connectivity index (χ4n) is 5.29. The van der Waals surface area contributed by atoms with Crippen LogP contribution in [-0.2, 0) is 16.0 Å². The van der Waals surface area contributed by atoms with Crippen molar-refractivity contribution in [2.45, 2.75) is 45.7 Å². The number of phenols is 1. The van der Waals surface area contributed by atoms with E-state index in [-0.39, 0.29) is 34.6 Å². The number of phenolic OH excluding ortho intramolecular Hbond substituents is 1. The maximum Gasteiger partial charge on any atom is 0.247 e. The predicted octanol–water partition coefficient (Wildman–Crippen LogP) is 4.64. The minimum Gasteiger partial charge on any atom is -0.508 e. The van der Waals surface area contributed by atoms with Crippen LogP contribution in [0.15, 0.2) is 53.3 Å². The van der Waals surface area contributed by atoms with Crippen molar-refractivity contribution in [3.8, 4) is 34.1 Å². The first-order valence-corrected chi connectivity index (χ1v) is 13.7. The molecule has 0 saturated carbocycles. The number of carbonyl (C=O) groups is 2. The number of benzene rings is 2. The van der Waals surface area contributed by atoms with Gasteiger partial charge in [-0.3, -0.25) is 14.4 Å². The van der Waals surface area contributed by atoms with Gasteiger partial charge in [0, 0.05) is 18.2 Å². The van der Waals surface area contributed by atoms with Crippen LogP contribution >= 0.6 is 0 Å². The van der Waals surface area contributed by atoms with Crippen LogP contribution in [-0.4, -0.2) is 44.3 Å². The number of fused-ring (bicyclic) bond motifs is 3. The van der Waals surface area contributed by atoms with E-state index >= 15 is 0 Å². The van der Waals surface area contributed by atoms with Crippen LogP contribution in [0, 0.1) is 5.92 Å². The Morgan fingerprint density at radius 3 is 2.24 bits per heavy atom. The van der Waals surface area contributed by atoms with Crippen molar-refractivity contribution in [3.63, 3.8) is 0 Å². The van der Waals surface area contributed by atoms with Crippen LogP contribution in [0.4, 0.5) is 11.4 Å². The van der Waals surface area contributed by atoms with Crippen molar-refractivity contribution >= 4 is 23.2 Å². The summed E-state index contributed by atoms with van der Waals surface area (Å²) >= 11 is 0. The fraction of sp³-hybridized carbons (Fsp3) is 0.344. The van der Waals surface area contributed by atoms with Gasteiger partial charge in [0.1, 0.15) is 11.8 Å². The number of carbonyl (C=O) groups excluding carboxylic acids is 2. The predicted molar refractivity (Wildman–Crippen MR) is 162 cm³/mol. The highest BCUT2D eigenvalue weighted by molar-refractivity contribution is 5.97. The average molecular weight is 576 g/mol. The lowest BCUT2D eigenvalue weighted by Crippen LogP contribution is -2.39. The molecule has 1 aliphatic rings. The van der Waals surface area contributed by atoms with E-state index in [9.17, 15) is 19.5 Å². The molecule has 0 spiro atoms. The topological polar surface area (TPSA) is 135 Å². The second kappa shape index (κ2) is 12.8. The van der Waals surface area contributed by atoms with Crippen LogP contribution in [0.25, 0.3) is 11.1 Å². The van der Waals surface area contributed by atoms with E-state index in [1.165, 1.54) is 32.2 Å². The molecule has 222 valence electrons. The normalized spacial score (nSPS) is 14.5. The van der Waals surface area contributed by atoms with Gasteiger partial charge in [-0.1, -0.05) is 19.9 Å². The zero-order valence-electron chi connectivity index (χ0n) is 24.7. The molecule has 0 fully saturated rings. The van der Waals surface area contributed by atoms with Crippen molar-refractivity contribution in [2.75, 3.05) is 32.0 Å². The molecule has 42 heavy (non-hydrogen) atoms. The molecule has 10 heteroatoms. The molecular weight excluding hydrogens is 538 g/mol. The third-order valence-electron chi connectivity index (χ3n) is 7.31. The maximum atomic E-state index is 13.7. The lowest BCUT2D eigenvalue weighted by atomic mass is 9.95. The number of aromatic hydroxyl groups is 1. The van der Waals surface area contributed by atoms with Gasteiger partial charge in [-0.2, -0.15) is 0 Å². The molecule has 0 bridgehead atoms. The average Bonchev–Trinajstić information content (AvgIpc) is 3.19. The van der Waals surface area contributed by atoms with Crippen LogP contribution < -0.4 is 35.6 Å². The Labute approximate surface area is 245 Å². The lowest BCUT2D eigenvalue weighted by molar-refractivity contribution is -0.120. The van der Waals surface area contributed by atoms with Crippen LogP contribution in [0.1, 0.15) is 44.4 Å². The van der Waals surface area contributed by atoms with E-state index in [0.717, 1.165) is 11.1 Å². The number of aryl methyl sites for hydroxylation is 1. The Morgan fingerprint density at radius 1 is 0.952 bits per heavy atom. The molecule has 2 amide bonds. The van der Waals surface area contributed by atoms with Gasteiger partial charge >= 0.3 is 0 Å². The van der Waals surface area contributed by atoms with E-state index in [2.05, 4.69) is 16.0 Å². The molecule has 4 rings (SSSR count). The SMILES string of the molecule is COc1cc2c(c(OC)c1OC)-c1ccc(N[C@H](C(=O)Nc3ccc(O)cc3)C(C)C)c(=O)cc1[C@@H](NC(C)=O)CC2. The van der Waals surface area contributed by atoms with E-state index < -0.39 is 12.1 Å². The molecule has 0 saturated heterocycles. The summed E-state index contributed by atoms with van der Waals surface area (Å²) in [6.07, 6.45) is 1.12. The van der Waals surface area contributed by atoms with Gasteiger partial charge < -0.3 is 35.3 Å². The summed E-state index contributed by atoms with van der Waals surface area (Å²) < 4.78 is 17.1. The van der Waals surface area contributed by atoms with E-state index in [1.54, 1.807) is 32.4 Å². The van der Waals surface area contributed by atoms with Crippen molar-refractivity contribution < 1.29 is 28.9 Å². The Hall–Kier alpha value is -4.73. The molecule has 0 unspecified atom stereocenters. The Morgan fingerprint density at radius 2 is 1.64 bits per heavy atom. The van der Waals surface area contributed by atoms with E-state index in [1.807, 2.05) is 26.0 Å². The summed E-state index contributed by atoms with van der Waals surface area (Å²) in [7, 11) is 4.63. The summed E-state index contributed by atoms with van der Waals surface area (Å²) in [5, 5.41) is 18.5. The molecule has 4 N–H and O–H groups in total. The van der Waals surface area contributed by atoms with Crippen LogP contribution in [0.2, 0.25) is 0 Å². The van der Waals surface area contributed by atoms with E-state index in [4.69, 9.17) is 14.2 Å². The Balaban J connectivity index is 1.84. The first kappa shape index (κ1) is 30.2. The number of hydrogen-bond acceptors (Lipinski definition) is 8. The summed E-state index contributed by atoms with van der Waals surface area (Å²) in [5.41, 5.74) is 3.39. The highest BCUT2D eigenvalue weighted by atomic mass is 16.5. The second-order valence-electron chi connectivity index (χ2n) is 10.5. The highest BCUT2D eigenvalue weighted by Crippen LogP contribution is 2.50. The Bertz CT molecular complexity index is 1540. The fourth-order valence-corrected chi connectivity index (χ4v) is 5.29. The van der Waals surface area contributed by atoms with Gasteiger partial charge in [-0.15, -0.1) is 0 Å². The summed E-state index contributed by atoms with van der Waals surface area (Å²) in [6.45, 7) is 5.20. The van der Waals surface area contributed by atoms with Gasteiger partial charge in [0.15, 0.2) is 11.5 Å². The number of methoxy groups -OCH3 is 3. The molecule has 1 aliphatic carbocycles. The molecule has 2 atom stereocenters. The molecule has 0 heterocycles. The molecule has 3 aromatic carbocycles. The quantitative estimate of drug-likeness (QED) is 0.271. The van der Waals surface area contributed by atoms with Crippen molar-refractivity contribution in [1.82, 2.24) is 5.32 Å². The zero-order valence-corrected chi connectivity index (χ0v) is 24.7.